The molecule has 0 saturated heterocycles. The standard InChI is InChI=1S/C15H17BrClFN2O/c1-3-12-14(16)13(20(2)19-12)8-10(21)7-9-5-4-6-11(17)15(9)18/h4-6,10,21H,3,7-8H2,1-2H3. The molecule has 0 spiro atoms. The molecule has 114 valence electrons. The Morgan fingerprint density at radius 1 is 1.43 bits per heavy atom. The van der Waals surface area contributed by atoms with Crippen LogP contribution < -0.4 is 0 Å². The largest absolute Gasteiger partial charge is 0.392 e. The van der Waals surface area contributed by atoms with Gasteiger partial charge in [0.1, 0.15) is 5.82 Å². The molecule has 1 aromatic carbocycles. The first-order valence-corrected chi connectivity index (χ1v) is 7.92. The Morgan fingerprint density at radius 2 is 2.14 bits per heavy atom. The predicted octanol–water partition coefficient (Wildman–Crippen LogP) is 3.68. The Hall–Kier alpha value is -0.910. The highest BCUT2D eigenvalue weighted by atomic mass is 79.9. The van der Waals surface area contributed by atoms with Crippen LogP contribution >= 0.6 is 27.5 Å². The number of benzene rings is 1. The molecule has 0 amide bonds. The molecular formula is C15H17BrClFN2O. The second-order valence-electron chi connectivity index (χ2n) is 4.96. The lowest BCUT2D eigenvalue weighted by molar-refractivity contribution is 0.171. The average molecular weight is 376 g/mol. The van der Waals surface area contributed by atoms with Gasteiger partial charge in [0, 0.05) is 19.9 Å². The van der Waals surface area contributed by atoms with Gasteiger partial charge in [0.15, 0.2) is 0 Å². The van der Waals surface area contributed by atoms with Crippen LogP contribution in [-0.4, -0.2) is 21.0 Å². The molecule has 3 nitrogen and oxygen atoms in total. The predicted molar refractivity (Wildman–Crippen MR) is 85.1 cm³/mol. The molecule has 0 aliphatic rings. The van der Waals surface area contributed by atoms with Crippen molar-refractivity contribution in [2.75, 3.05) is 0 Å². The fourth-order valence-corrected chi connectivity index (χ4v) is 3.27. The zero-order chi connectivity index (χ0) is 15.6. The van der Waals surface area contributed by atoms with Gasteiger partial charge in [0.05, 0.1) is 27.0 Å². The molecule has 0 fully saturated rings. The fraction of sp³-hybridized carbons (Fsp3) is 0.400. The van der Waals surface area contributed by atoms with Crippen molar-refractivity contribution in [3.63, 3.8) is 0 Å². The van der Waals surface area contributed by atoms with Gasteiger partial charge >= 0.3 is 0 Å². The summed E-state index contributed by atoms with van der Waals surface area (Å²) in [5, 5.41) is 14.7. The second-order valence-corrected chi connectivity index (χ2v) is 6.16. The number of nitrogens with zero attached hydrogens (tertiary/aromatic N) is 2. The van der Waals surface area contributed by atoms with Crippen LogP contribution in [-0.2, 0) is 26.3 Å². The van der Waals surface area contributed by atoms with Gasteiger partial charge in [-0.1, -0.05) is 30.7 Å². The van der Waals surface area contributed by atoms with Crippen LogP contribution in [0.25, 0.3) is 0 Å². The van der Waals surface area contributed by atoms with Crippen molar-refractivity contribution < 1.29 is 9.50 Å². The maximum Gasteiger partial charge on any atom is 0.145 e. The minimum Gasteiger partial charge on any atom is -0.392 e. The number of aliphatic hydroxyl groups excluding tert-OH is 1. The van der Waals surface area contributed by atoms with Crippen molar-refractivity contribution in [3.05, 3.63) is 50.5 Å². The van der Waals surface area contributed by atoms with Crippen LogP contribution in [0.4, 0.5) is 4.39 Å². The van der Waals surface area contributed by atoms with Gasteiger partial charge in [0.25, 0.3) is 0 Å². The smallest absolute Gasteiger partial charge is 0.145 e. The maximum absolute atomic E-state index is 13.8. The molecule has 2 aromatic rings. The van der Waals surface area contributed by atoms with Gasteiger partial charge in [-0.2, -0.15) is 5.10 Å². The molecule has 1 unspecified atom stereocenters. The minimum absolute atomic E-state index is 0.0784. The Kier molecular flexibility index (Phi) is 5.41. The molecule has 21 heavy (non-hydrogen) atoms. The fourth-order valence-electron chi connectivity index (χ4n) is 2.30. The zero-order valence-electron chi connectivity index (χ0n) is 11.9. The van der Waals surface area contributed by atoms with Gasteiger partial charge in [-0.05, 0) is 34.0 Å². The highest BCUT2D eigenvalue weighted by Gasteiger charge is 2.18. The van der Waals surface area contributed by atoms with E-state index in [0.29, 0.717) is 12.0 Å². The van der Waals surface area contributed by atoms with Crippen LogP contribution in [0, 0.1) is 5.82 Å². The van der Waals surface area contributed by atoms with E-state index in [1.54, 1.807) is 16.8 Å². The van der Waals surface area contributed by atoms with Gasteiger partial charge < -0.3 is 5.11 Å². The summed E-state index contributed by atoms with van der Waals surface area (Å²) in [6.07, 6.45) is 0.726. The van der Waals surface area contributed by atoms with Crippen LogP contribution in [0.5, 0.6) is 0 Å². The van der Waals surface area contributed by atoms with Gasteiger partial charge in [-0.25, -0.2) is 4.39 Å². The normalized spacial score (nSPS) is 12.7. The van der Waals surface area contributed by atoms with Gasteiger partial charge in [-0.3, -0.25) is 4.68 Å². The van der Waals surface area contributed by atoms with E-state index in [4.69, 9.17) is 11.6 Å². The lowest BCUT2D eigenvalue weighted by atomic mass is 10.0. The molecule has 2 rings (SSSR count). The summed E-state index contributed by atoms with van der Waals surface area (Å²) < 4.78 is 16.5. The first-order valence-electron chi connectivity index (χ1n) is 6.75. The Morgan fingerprint density at radius 3 is 2.76 bits per heavy atom. The van der Waals surface area contributed by atoms with Crippen LogP contribution in [0.3, 0.4) is 0 Å². The van der Waals surface area contributed by atoms with Crippen LogP contribution in [0.15, 0.2) is 22.7 Å². The van der Waals surface area contributed by atoms with Gasteiger partial charge in [-0.15, -0.1) is 0 Å². The van der Waals surface area contributed by atoms with Crippen molar-refractivity contribution >= 4 is 27.5 Å². The van der Waals surface area contributed by atoms with Crippen molar-refractivity contribution in [1.29, 1.82) is 0 Å². The molecular weight excluding hydrogens is 359 g/mol. The molecule has 0 aliphatic carbocycles. The number of rotatable bonds is 5. The average Bonchev–Trinajstić information content (AvgIpc) is 2.71. The minimum atomic E-state index is -0.700. The van der Waals surface area contributed by atoms with E-state index in [-0.39, 0.29) is 11.4 Å². The second kappa shape index (κ2) is 6.90. The summed E-state index contributed by atoms with van der Waals surface area (Å²) in [6.45, 7) is 2.02. The summed E-state index contributed by atoms with van der Waals surface area (Å²) in [5.41, 5.74) is 2.28. The summed E-state index contributed by atoms with van der Waals surface area (Å²) in [6, 6.07) is 4.82. The highest BCUT2D eigenvalue weighted by Crippen LogP contribution is 2.24. The number of aromatic nitrogens is 2. The quantitative estimate of drug-likeness (QED) is 0.865. The molecule has 1 N–H and O–H groups in total. The number of hydrogen-bond donors (Lipinski definition) is 1. The summed E-state index contributed by atoms with van der Waals surface area (Å²) in [5.74, 6) is -0.462. The Bertz CT molecular complexity index is 645. The summed E-state index contributed by atoms with van der Waals surface area (Å²) in [4.78, 5) is 0. The lowest BCUT2D eigenvalue weighted by Crippen LogP contribution is -2.17. The first-order chi connectivity index (χ1) is 9.93. The van der Waals surface area contributed by atoms with E-state index in [2.05, 4.69) is 21.0 Å². The molecule has 1 aromatic heterocycles. The van der Waals surface area contributed by atoms with E-state index in [9.17, 15) is 9.50 Å². The zero-order valence-corrected chi connectivity index (χ0v) is 14.2. The van der Waals surface area contributed by atoms with E-state index in [1.807, 2.05) is 14.0 Å². The lowest BCUT2D eigenvalue weighted by Gasteiger charge is -2.12. The number of aryl methyl sites for hydroxylation is 2. The highest BCUT2D eigenvalue weighted by molar-refractivity contribution is 9.10. The molecule has 0 aliphatic heterocycles. The first kappa shape index (κ1) is 16.5. The summed E-state index contributed by atoms with van der Waals surface area (Å²) >= 11 is 9.26. The summed E-state index contributed by atoms with van der Waals surface area (Å²) in [7, 11) is 1.84. The van der Waals surface area contributed by atoms with Crippen molar-refractivity contribution in [2.24, 2.45) is 7.05 Å². The monoisotopic (exact) mass is 374 g/mol. The third-order valence-corrected chi connectivity index (χ3v) is 4.63. The molecule has 0 radical (unpaired) electrons. The molecule has 0 saturated carbocycles. The van der Waals surface area contributed by atoms with Crippen LogP contribution in [0.1, 0.15) is 23.9 Å². The third kappa shape index (κ3) is 3.65. The van der Waals surface area contributed by atoms with Crippen molar-refractivity contribution in [3.8, 4) is 0 Å². The SMILES string of the molecule is CCc1nn(C)c(CC(O)Cc2cccc(Cl)c2F)c1Br. The van der Waals surface area contributed by atoms with E-state index in [1.165, 1.54) is 6.07 Å². The van der Waals surface area contributed by atoms with E-state index in [0.717, 1.165) is 22.3 Å². The topological polar surface area (TPSA) is 38.0 Å². The number of halogens is 3. The van der Waals surface area contributed by atoms with E-state index >= 15 is 0 Å². The molecule has 0 bridgehead atoms. The Balaban J connectivity index is 2.14. The van der Waals surface area contributed by atoms with Crippen molar-refractivity contribution in [2.45, 2.75) is 32.3 Å². The number of aliphatic hydroxyl groups is 1. The number of hydrogen-bond acceptors (Lipinski definition) is 2. The van der Waals surface area contributed by atoms with Crippen LogP contribution in [0.2, 0.25) is 5.02 Å². The Labute approximate surface area is 136 Å². The maximum atomic E-state index is 13.8. The third-order valence-electron chi connectivity index (χ3n) is 3.42. The molecule has 1 atom stereocenters. The van der Waals surface area contributed by atoms with E-state index < -0.39 is 11.9 Å². The van der Waals surface area contributed by atoms with Gasteiger partial charge in [0.2, 0.25) is 0 Å². The molecule has 1 heterocycles. The van der Waals surface area contributed by atoms with Crippen molar-refractivity contribution in [1.82, 2.24) is 9.78 Å². The molecule has 6 heteroatoms.